The van der Waals surface area contributed by atoms with Crippen molar-refractivity contribution in [2.75, 3.05) is 6.54 Å². The first-order valence-corrected chi connectivity index (χ1v) is 8.39. The first kappa shape index (κ1) is 17.5. The van der Waals surface area contributed by atoms with E-state index < -0.39 is 18.1 Å². The van der Waals surface area contributed by atoms with Crippen LogP contribution in [0.3, 0.4) is 0 Å². The standard InChI is InChI=1S/C18H26N2O3/c1-13(20-17(22)15-10-6-3-7-11-15)16(21)18(23)19-12-14-8-4-2-5-9-14/h3,6-7,10-11,13-14,16,21H,2,4-5,8-9,12H2,1H3,(H,19,23)(H,20,22). The summed E-state index contributed by atoms with van der Waals surface area (Å²) in [6, 6.07) is 8.11. The second-order valence-corrected chi connectivity index (χ2v) is 6.32. The Hall–Kier alpha value is -1.88. The molecular formula is C18H26N2O3. The zero-order chi connectivity index (χ0) is 16.7. The summed E-state index contributed by atoms with van der Waals surface area (Å²) in [6.45, 7) is 2.24. The summed E-state index contributed by atoms with van der Waals surface area (Å²) >= 11 is 0. The first-order chi connectivity index (χ1) is 11.1. The van der Waals surface area contributed by atoms with E-state index in [1.54, 1.807) is 31.2 Å². The van der Waals surface area contributed by atoms with E-state index >= 15 is 0 Å². The summed E-state index contributed by atoms with van der Waals surface area (Å²) in [4.78, 5) is 24.1. The molecule has 126 valence electrons. The Morgan fingerprint density at radius 2 is 1.83 bits per heavy atom. The van der Waals surface area contributed by atoms with E-state index in [4.69, 9.17) is 0 Å². The van der Waals surface area contributed by atoms with Crippen LogP contribution in [0.1, 0.15) is 49.4 Å². The van der Waals surface area contributed by atoms with Crippen LogP contribution in [0.15, 0.2) is 30.3 Å². The quantitative estimate of drug-likeness (QED) is 0.749. The van der Waals surface area contributed by atoms with E-state index in [2.05, 4.69) is 10.6 Å². The average molecular weight is 318 g/mol. The van der Waals surface area contributed by atoms with Crippen LogP contribution in [0.2, 0.25) is 0 Å². The fourth-order valence-corrected chi connectivity index (χ4v) is 2.93. The fraction of sp³-hybridized carbons (Fsp3) is 0.556. The van der Waals surface area contributed by atoms with Crippen molar-refractivity contribution in [1.29, 1.82) is 0 Å². The van der Waals surface area contributed by atoms with Gasteiger partial charge >= 0.3 is 0 Å². The van der Waals surface area contributed by atoms with Crippen LogP contribution in [-0.4, -0.2) is 35.6 Å². The largest absolute Gasteiger partial charge is 0.381 e. The van der Waals surface area contributed by atoms with Gasteiger partial charge in [-0.2, -0.15) is 0 Å². The summed E-state index contributed by atoms with van der Waals surface area (Å²) < 4.78 is 0. The highest BCUT2D eigenvalue weighted by molar-refractivity contribution is 5.94. The molecule has 1 saturated carbocycles. The minimum atomic E-state index is -1.24. The number of hydrogen-bond donors (Lipinski definition) is 3. The molecule has 0 aliphatic heterocycles. The molecule has 1 aliphatic rings. The van der Waals surface area contributed by atoms with Gasteiger partial charge in [-0.3, -0.25) is 9.59 Å². The lowest BCUT2D eigenvalue weighted by Crippen LogP contribution is -2.49. The zero-order valence-electron chi connectivity index (χ0n) is 13.6. The molecule has 0 radical (unpaired) electrons. The highest BCUT2D eigenvalue weighted by Gasteiger charge is 2.25. The molecule has 0 saturated heterocycles. The number of benzene rings is 1. The number of aliphatic hydroxyl groups is 1. The monoisotopic (exact) mass is 318 g/mol. The normalized spacial score (nSPS) is 18.0. The lowest BCUT2D eigenvalue weighted by molar-refractivity contribution is -0.130. The van der Waals surface area contributed by atoms with Crippen molar-refractivity contribution in [3.05, 3.63) is 35.9 Å². The van der Waals surface area contributed by atoms with Crippen molar-refractivity contribution in [1.82, 2.24) is 10.6 Å². The van der Waals surface area contributed by atoms with Crippen LogP contribution in [0, 0.1) is 5.92 Å². The van der Waals surface area contributed by atoms with Gasteiger partial charge in [0.05, 0.1) is 6.04 Å². The molecule has 0 aromatic heterocycles. The van der Waals surface area contributed by atoms with Crippen molar-refractivity contribution in [3.63, 3.8) is 0 Å². The predicted molar refractivity (Wildman–Crippen MR) is 89.0 cm³/mol. The Bertz CT molecular complexity index is 512. The summed E-state index contributed by atoms with van der Waals surface area (Å²) in [5.74, 6) is -0.206. The smallest absolute Gasteiger partial charge is 0.251 e. The maximum absolute atomic E-state index is 12.0. The van der Waals surface area contributed by atoms with Crippen LogP contribution >= 0.6 is 0 Å². The topological polar surface area (TPSA) is 78.4 Å². The fourth-order valence-electron chi connectivity index (χ4n) is 2.93. The van der Waals surface area contributed by atoms with Crippen molar-refractivity contribution in [2.45, 2.75) is 51.2 Å². The highest BCUT2D eigenvalue weighted by Crippen LogP contribution is 2.22. The molecule has 1 aliphatic carbocycles. The molecule has 3 N–H and O–H groups in total. The van der Waals surface area contributed by atoms with Crippen LogP contribution in [0.25, 0.3) is 0 Å². The van der Waals surface area contributed by atoms with Gasteiger partial charge < -0.3 is 15.7 Å². The minimum absolute atomic E-state index is 0.294. The third-order valence-corrected chi connectivity index (χ3v) is 4.43. The van der Waals surface area contributed by atoms with Crippen LogP contribution in [0.4, 0.5) is 0 Å². The van der Waals surface area contributed by atoms with E-state index in [1.807, 2.05) is 6.07 Å². The van der Waals surface area contributed by atoms with E-state index in [-0.39, 0.29) is 5.91 Å². The lowest BCUT2D eigenvalue weighted by Gasteiger charge is -2.24. The molecule has 2 atom stereocenters. The Morgan fingerprint density at radius 1 is 1.17 bits per heavy atom. The van der Waals surface area contributed by atoms with Crippen molar-refractivity contribution >= 4 is 11.8 Å². The van der Waals surface area contributed by atoms with E-state index in [0.717, 1.165) is 12.8 Å². The molecular weight excluding hydrogens is 292 g/mol. The number of carbonyl (C=O) groups excluding carboxylic acids is 2. The Morgan fingerprint density at radius 3 is 2.48 bits per heavy atom. The molecule has 0 heterocycles. The van der Waals surface area contributed by atoms with Crippen LogP contribution < -0.4 is 10.6 Å². The van der Waals surface area contributed by atoms with Gasteiger partial charge in [0.2, 0.25) is 0 Å². The van der Waals surface area contributed by atoms with Gasteiger partial charge in [-0.25, -0.2) is 0 Å². The maximum atomic E-state index is 12.0. The molecule has 1 aromatic carbocycles. The first-order valence-electron chi connectivity index (χ1n) is 8.39. The summed E-state index contributed by atoms with van der Waals surface area (Å²) in [5, 5.41) is 15.6. The third kappa shape index (κ3) is 5.36. The molecule has 5 nitrogen and oxygen atoms in total. The van der Waals surface area contributed by atoms with Crippen molar-refractivity contribution < 1.29 is 14.7 Å². The zero-order valence-corrected chi connectivity index (χ0v) is 13.6. The van der Waals surface area contributed by atoms with Crippen LogP contribution in [-0.2, 0) is 4.79 Å². The molecule has 23 heavy (non-hydrogen) atoms. The Kier molecular flexibility index (Phi) is 6.59. The van der Waals surface area contributed by atoms with E-state index in [9.17, 15) is 14.7 Å². The average Bonchev–Trinajstić information content (AvgIpc) is 2.60. The molecule has 5 heteroatoms. The molecule has 0 spiro atoms. The predicted octanol–water partition coefficient (Wildman–Crippen LogP) is 1.86. The second kappa shape index (κ2) is 8.67. The lowest BCUT2D eigenvalue weighted by atomic mass is 9.89. The van der Waals surface area contributed by atoms with Gasteiger partial charge in [0.15, 0.2) is 6.10 Å². The molecule has 0 bridgehead atoms. The van der Waals surface area contributed by atoms with Gasteiger partial charge in [0.1, 0.15) is 0 Å². The number of nitrogens with one attached hydrogen (secondary N) is 2. The number of aliphatic hydroxyl groups excluding tert-OH is 1. The molecule has 1 fully saturated rings. The minimum Gasteiger partial charge on any atom is -0.381 e. The van der Waals surface area contributed by atoms with Gasteiger partial charge in [0.25, 0.3) is 11.8 Å². The van der Waals surface area contributed by atoms with Gasteiger partial charge in [-0.1, -0.05) is 37.5 Å². The van der Waals surface area contributed by atoms with E-state index in [1.165, 1.54) is 19.3 Å². The second-order valence-electron chi connectivity index (χ2n) is 6.32. The molecule has 2 rings (SSSR count). The summed E-state index contributed by atoms with van der Waals surface area (Å²) in [5.41, 5.74) is 0.508. The highest BCUT2D eigenvalue weighted by atomic mass is 16.3. The number of amides is 2. The Balaban J connectivity index is 1.77. The van der Waals surface area contributed by atoms with Gasteiger partial charge in [0, 0.05) is 12.1 Å². The number of rotatable bonds is 6. The van der Waals surface area contributed by atoms with Crippen molar-refractivity contribution in [3.8, 4) is 0 Å². The number of hydrogen-bond acceptors (Lipinski definition) is 3. The Labute approximate surface area is 137 Å². The number of carbonyl (C=O) groups is 2. The molecule has 1 aromatic rings. The van der Waals surface area contributed by atoms with E-state index in [0.29, 0.717) is 18.0 Å². The third-order valence-electron chi connectivity index (χ3n) is 4.43. The molecule has 2 amide bonds. The summed E-state index contributed by atoms with van der Waals surface area (Å²) in [6.07, 6.45) is 4.73. The maximum Gasteiger partial charge on any atom is 0.251 e. The van der Waals surface area contributed by atoms with Crippen molar-refractivity contribution in [2.24, 2.45) is 5.92 Å². The van der Waals surface area contributed by atoms with Crippen LogP contribution in [0.5, 0.6) is 0 Å². The van der Waals surface area contributed by atoms with Gasteiger partial charge in [-0.15, -0.1) is 0 Å². The SMILES string of the molecule is CC(NC(=O)c1ccccc1)C(O)C(=O)NCC1CCCCC1. The van der Waals surface area contributed by atoms with Gasteiger partial charge in [-0.05, 0) is 37.8 Å². The summed E-state index contributed by atoms with van der Waals surface area (Å²) in [7, 11) is 0. The molecule has 2 unspecified atom stereocenters.